The normalized spacial score (nSPS) is 25.7. The van der Waals surface area contributed by atoms with Crippen molar-refractivity contribution in [3.63, 3.8) is 0 Å². The van der Waals surface area contributed by atoms with Crippen LogP contribution in [-0.4, -0.2) is 33.0 Å². The fourth-order valence-corrected chi connectivity index (χ4v) is 7.64. The molecule has 1 amide bonds. The summed E-state index contributed by atoms with van der Waals surface area (Å²) >= 11 is 0. The highest BCUT2D eigenvalue weighted by Gasteiger charge is 2.51. The highest BCUT2D eigenvalue weighted by molar-refractivity contribution is 6.07. The number of rotatable bonds is 7. The van der Waals surface area contributed by atoms with Gasteiger partial charge in [-0.2, -0.15) is 0 Å². The fraction of sp³-hybridized carbons (Fsp3) is 0.367. The minimum Gasteiger partial charge on any atom is -0.478 e. The van der Waals surface area contributed by atoms with E-state index in [-0.39, 0.29) is 28.1 Å². The Labute approximate surface area is 214 Å². The summed E-state index contributed by atoms with van der Waals surface area (Å²) in [7, 11) is 0. The molecule has 4 saturated carbocycles. The lowest BCUT2D eigenvalue weighted by molar-refractivity contribution is -0.0526. The van der Waals surface area contributed by atoms with Crippen LogP contribution in [0.1, 0.15) is 75.3 Å². The Morgan fingerprint density at radius 2 is 1.41 bits per heavy atom. The Balaban J connectivity index is 1.35. The minimum absolute atomic E-state index is 0.144. The molecular formula is C30H30N2O5. The molecule has 3 aromatic rings. The van der Waals surface area contributed by atoms with Gasteiger partial charge < -0.3 is 20.5 Å². The van der Waals surface area contributed by atoms with Gasteiger partial charge in [0.1, 0.15) is 0 Å². The van der Waals surface area contributed by atoms with Crippen LogP contribution >= 0.6 is 0 Å². The Kier molecular flexibility index (Phi) is 5.66. The van der Waals surface area contributed by atoms with Crippen molar-refractivity contribution in [2.24, 2.45) is 23.2 Å². The summed E-state index contributed by atoms with van der Waals surface area (Å²) < 4.78 is 0. The summed E-state index contributed by atoms with van der Waals surface area (Å²) in [6, 6.07) is 15.4. The second-order valence-electron chi connectivity index (χ2n) is 11.4. The predicted octanol–water partition coefficient (Wildman–Crippen LogP) is 6.09. The maximum absolute atomic E-state index is 13.6. The number of aromatic nitrogens is 1. The molecule has 7 heteroatoms. The van der Waals surface area contributed by atoms with Crippen molar-refractivity contribution in [3.8, 4) is 11.3 Å². The summed E-state index contributed by atoms with van der Waals surface area (Å²) in [4.78, 5) is 40.2. The molecule has 0 aliphatic heterocycles. The summed E-state index contributed by atoms with van der Waals surface area (Å²) in [6.45, 7) is 0. The number of carbonyl (C=O) groups is 3. The maximum Gasteiger partial charge on any atom is 0.335 e. The van der Waals surface area contributed by atoms with E-state index in [2.05, 4.69) is 10.3 Å². The molecule has 2 aromatic carbocycles. The SMILES string of the molecule is O=C(O)c1cc(NC(=O)c2cc(-c3ccccc3)[nH]c2CC23CC4CC(CC(C4)C2)C3)cc(C(=O)O)c1. The molecule has 190 valence electrons. The molecule has 4 aliphatic carbocycles. The van der Waals surface area contributed by atoms with Gasteiger partial charge in [-0.25, -0.2) is 9.59 Å². The molecule has 4 N–H and O–H groups in total. The Hall–Kier alpha value is -3.87. The van der Waals surface area contributed by atoms with E-state index >= 15 is 0 Å². The van der Waals surface area contributed by atoms with E-state index in [1.54, 1.807) is 0 Å². The lowest BCUT2D eigenvalue weighted by Gasteiger charge is -2.57. The number of carboxylic acids is 2. The van der Waals surface area contributed by atoms with Gasteiger partial charge in [0.25, 0.3) is 5.91 Å². The van der Waals surface area contributed by atoms with E-state index in [1.165, 1.54) is 50.7 Å². The first-order valence-corrected chi connectivity index (χ1v) is 13.0. The molecule has 0 spiro atoms. The highest BCUT2D eigenvalue weighted by Crippen LogP contribution is 2.61. The van der Waals surface area contributed by atoms with Crippen LogP contribution < -0.4 is 5.32 Å². The van der Waals surface area contributed by atoms with Gasteiger partial charge in [0.2, 0.25) is 0 Å². The predicted molar refractivity (Wildman–Crippen MR) is 139 cm³/mol. The number of carbonyl (C=O) groups excluding carboxylic acids is 1. The largest absolute Gasteiger partial charge is 0.478 e. The number of hydrogen-bond acceptors (Lipinski definition) is 3. The van der Waals surface area contributed by atoms with Crippen LogP contribution in [0.5, 0.6) is 0 Å². The number of aromatic carboxylic acids is 2. The average molecular weight is 499 g/mol. The van der Waals surface area contributed by atoms with E-state index in [4.69, 9.17) is 0 Å². The van der Waals surface area contributed by atoms with E-state index in [1.807, 2.05) is 36.4 Å². The van der Waals surface area contributed by atoms with Gasteiger partial charge in [-0.05, 0) is 97.9 Å². The minimum atomic E-state index is -1.26. The number of benzene rings is 2. The third-order valence-electron chi connectivity index (χ3n) is 8.63. The first kappa shape index (κ1) is 23.5. The van der Waals surface area contributed by atoms with Crippen molar-refractivity contribution in [3.05, 3.63) is 77.0 Å². The second kappa shape index (κ2) is 8.91. The van der Waals surface area contributed by atoms with Crippen molar-refractivity contribution in [2.75, 3.05) is 5.32 Å². The number of aromatic amines is 1. The van der Waals surface area contributed by atoms with Gasteiger partial charge in [0.15, 0.2) is 0 Å². The van der Waals surface area contributed by atoms with Gasteiger partial charge in [-0.3, -0.25) is 4.79 Å². The molecule has 0 radical (unpaired) electrons. The molecule has 0 atom stereocenters. The molecule has 1 heterocycles. The van der Waals surface area contributed by atoms with E-state index in [0.29, 0.717) is 5.56 Å². The zero-order valence-corrected chi connectivity index (χ0v) is 20.5. The number of H-pyrrole nitrogens is 1. The van der Waals surface area contributed by atoms with Crippen LogP contribution in [0.4, 0.5) is 5.69 Å². The molecular weight excluding hydrogens is 468 g/mol. The Morgan fingerprint density at radius 3 is 1.95 bits per heavy atom. The lowest BCUT2D eigenvalue weighted by Crippen LogP contribution is -2.47. The Morgan fingerprint density at radius 1 is 0.838 bits per heavy atom. The van der Waals surface area contributed by atoms with Crippen LogP contribution in [0.25, 0.3) is 11.3 Å². The fourth-order valence-electron chi connectivity index (χ4n) is 7.64. The highest BCUT2D eigenvalue weighted by atomic mass is 16.4. The second-order valence-corrected chi connectivity index (χ2v) is 11.4. The third kappa shape index (κ3) is 4.54. The number of carboxylic acid groups (broad SMARTS) is 2. The van der Waals surface area contributed by atoms with Crippen molar-refractivity contribution in [1.29, 1.82) is 0 Å². The smallest absolute Gasteiger partial charge is 0.335 e. The summed E-state index contributed by atoms with van der Waals surface area (Å²) in [5.41, 5.74) is 3.22. The van der Waals surface area contributed by atoms with Crippen molar-refractivity contribution in [2.45, 2.75) is 44.9 Å². The van der Waals surface area contributed by atoms with Crippen LogP contribution in [0.15, 0.2) is 54.6 Å². The van der Waals surface area contributed by atoms with Crippen molar-refractivity contribution in [1.82, 2.24) is 4.98 Å². The molecule has 37 heavy (non-hydrogen) atoms. The quantitative estimate of drug-likeness (QED) is 0.314. The Bertz CT molecular complexity index is 1320. The standard InChI is InChI=1S/C30H30N2O5/c33-27(31-23-10-21(28(34)35)9-22(11-23)29(36)37)24-12-25(20-4-2-1-3-5-20)32-26(24)16-30-13-17-6-18(14-30)8-19(7-17)15-30/h1-5,9-12,17-19,32H,6-8,13-16H2,(H,31,33)(H,34,35)(H,36,37). The van der Waals surface area contributed by atoms with Crippen molar-refractivity contribution >= 4 is 23.5 Å². The molecule has 7 rings (SSSR count). The molecule has 4 bridgehead atoms. The lowest BCUT2D eigenvalue weighted by atomic mass is 9.48. The van der Waals surface area contributed by atoms with Crippen LogP contribution in [0.2, 0.25) is 0 Å². The molecule has 0 unspecified atom stereocenters. The summed E-state index contributed by atoms with van der Waals surface area (Å²) in [5, 5.41) is 21.6. The number of hydrogen-bond donors (Lipinski definition) is 4. The van der Waals surface area contributed by atoms with E-state index in [9.17, 15) is 24.6 Å². The molecule has 0 saturated heterocycles. The zero-order chi connectivity index (χ0) is 25.7. The topological polar surface area (TPSA) is 119 Å². The van der Waals surface area contributed by atoms with E-state index < -0.39 is 11.9 Å². The van der Waals surface area contributed by atoms with Crippen LogP contribution in [0.3, 0.4) is 0 Å². The monoisotopic (exact) mass is 498 g/mol. The van der Waals surface area contributed by atoms with Gasteiger partial charge >= 0.3 is 11.9 Å². The molecule has 4 fully saturated rings. The third-order valence-corrected chi connectivity index (χ3v) is 8.63. The first-order valence-electron chi connectivity index (χ1n) is 13.0. The number of anilines is 1. The molecule has 4 aliphatic rings. The first-order chi connectivity index (χ1) is 17.8. The average Bonchev–Trinajstić information content (AvgIpc) is 3.26. The number of amides is 1. The summed E-state index contributed by atoms with van der Waals surface area (Å²) in [6.07, 6.45) is 8.48. The van der Waals surface area contributed by atoms with Crippen LogP contribution in [-0.2, 0) is 6.42 Å². The summed E-state index contributed by atoms with van der Waals surface area (Å²) in [5.74, 6) is -0.513. The zero-order valence-electron chi connectivity index (χ0n) is 20.5. The van der Waals surface area contributed by atoms with Gasteiger partial charge in [0, 0.05) is 17.1 Å². The number of nitrogens with one attached hydrogen (secondary N) is 2. The van der Waals surface area contributed by atoms with Crippen molar-refractivity contribution < 1.29 is 24.6 Å². The van der Waals surface area contributed by atoms with Gasteiger partial charge in [0.05, 0.1) is 16.7 Å². The van der Waals surface area contributed by atoms with Gasteiger partial charge in [-0.1, -0.05) is 30.3 Å². The molecule has 7 nitrogen and oxygen atoms in total. The maximum atomic E-state index is 13.6. The van der Waals surface area contributed by atoms with Crippen LogP contribution in [0, 0.1) is 23.2 Å². The molecule has 1 aromatic heterocycles. The van der Waals surface area contributed by atoms with Gasteiger partial charge in [-0.15, -0.1) is 0 Å². The van der Waals surface area contributed by atoms with E-state index in [0.717, 1.165) is 47.2 Å².